The van der Waals surface area contributed by atoms with Crippen LogP contribution in [0, 0.1) is 10.1 Å². The van der Waals surface area contributed by atoms with Crippen molar-refractivity contribution in [1.29, 1.82) is 0 Å². The van der Waals surface area contributed by atoms with Crippen molar-refractivity contribution in [3.05, 3.63) is 34.4 Å². The monoisotopic (exact) mass is 312 g/mol. The summed E-state index contributed by atoms with van der Waals surface area (Å²) in [5.41, 5.74) is -0.820. The molecule has 0 aliphatic rings. The number of rotatable bonds is 9. The molecule has 1 aromatic carbocycles. The van der Waals surface area contributed by atoms with Crippen LogP contribution in [0.2, 0.25) is 0 Å². The first-order chi connectivity index (χ1) is 9.96. The maximum Gasteiger partial charge on any atom is 0.323 e. The number of likely N-dealkylation sites (N-methyl/N-ethyl adjacent to an activating group) is 1. The standard InChI is InChI=1S/C14H20N2O4S/c1-3-14(15-2,13(17)18)9-6-10-21-12-8-5-4-7-11(12)16(19)20/h4-5,7-8,15H,3,6,9-10H2,1-2H3,(H,17,18). The molecule has 116 valence electrons. The van der Waals surface area contributed by atoms with Crippen LogP contribution in [-0.4, -0.2) is 34.3 Å². The van der Waals surface area contributed by atoms with Crippen molar-refractivity contribution in [2.75, 3.05) is 12.8 Å². The molecule has 0 saturated heterocycles. The summed E-state index contributed by atoms with van der Waals surface area (Å²) in [6.45, 7) is 1.83. The molecule has 1 atom stereocenters. The Labute approximate surface area is 128 Å². The van der Waals surface area contributed by atoms with Crippen molar-refractivity contribution >= 4 is 23.4 Å². The number of thioether (sulfide) groups is 1. The third-order valence-corrected chi connectivity index (χ3v) is 4.71. The molecule has 0 fully saturated rings. The molecule has 1 aromatic rings. The molecule has 1 rings (SSSR count). The molecule has 0 amide bonds. The van der Waals surface area contributed by atoms with Crippen LogP contribution in [0.3, 0.4) is 0 Å². The molecule has 0 aromatic heterocycles. The van der Waals surface area contributed by atoms with Gasteiger partial charge in [0, 0.05) is 6.07 Å². The minimum atomic E-state index is -0.914. The van der Waals surface area contributed by atoms with Crippen molar-refractivity contribution < 1.29 is 14.8 Å². The first-order valence-electron chi connectivity index (χ1n) is 6.75. The van der Waals surface area contributed by atoms with E-state index >= 15 is 0 Å². The van der Waals surface area contributed by atoms with Crippen LogP contribution >= 0.6 is 11.8 Å². The number of aliphatic carboxylic acids is 1. The van der Waals surface area contributed by atoms with Gasteiger partial charge in [-0.1, -0.05) is 19.1 Å². The smallest absolute Gasteiger partial charge is 0.323 e. The molecule has 0 radical (unpaired) electrons. The molecule has 0 aliphatic carbocycles. The second-order valence-corrected chi connectivity index (χ2v) is 5.80. The summed E-state index contributed by atoms with van der Waals surface area (Å²) in [5.74, 6) is -0.218. The Hall–Kier alpha value is -1.60. The molecule has 0 bridgehead atoms. The molecule has 1 unspecified atom stereocenters. The molecular weight excluding hydrogens is 292 g/mol. The maximum atomic E-state index is 11.3. The molecule has 7 heteroatoms. The topological polar surface area (TPSA) is 92.5 Å². The predicted octanol–water partition coefficient (Wildman–Crippen LogP) is 2.92. The lowest BCUT2D eigenvalue weighted by Crippen LogP contribution is -2.49. The van der Waals surface area contributed by atoms with E-state index in [1.165, 1.54) is 17.8 Å². The Kier molecular flexibility index (Phi) is 6.64. The highest BCUT2D eigenvalue weighted by atomic mass is 32.2. The van der Waals surface area contributed by atoms with E-state index < -0.39 is 16.4 Å². The zero-order chi connectivity index (χ0) is 15.9. The van der Waals surface area contributed by atoms with E-state index in [4.69, 9.17) is 0 Å². The van der Waals surface area contributed by atoms with Crippen molar-refractivity contribution in [2.24, 2.45) is 0 Å². The van der Waals surface area contributed by atoms with Crippen molar-refractivity contribution in [3.8, 4) is 0 Å². The van der Waals surface area contributed by atoms with E-state index in [9.17, 15) is 20.0 Å². The Morgan fingerprint density at radius 1 is 1.48 bits per heavy atom. The lowest BCUT2D eigenvalue weighted by molar-refractivity contribution is -0.387. The van der Waals surface area contributed by atoms with E-state index in [0.29, 0.717) is 29.9 Å². The highest BCUT2D eigenvalue weighted by molar-refractivity contribution is 7.99. The van der Waals surface area contributed by atoms with Gasteiger partial charge in [0.25, 0.3) is 5.69 Å². The Balaban J connectivity index is 2.58. The maximum absolute atomic E-state index is 11.3. The van der Waals surface area contributed by atoms with Gasteiger partial charge in [0.1, 0.15) is 5.54 Å². The summed E-state index contributed by atoms with van der Waals surface area (Å²) in [6.07, 6.45) is 1.65. The molecule has 6 nitrogen and oxygen atoms in total. The molecular formula is C14H20N2O4S. The lowest BCUT2D eigenvalue weighted by Gasteiger charge is -2.27. The first-order valence-corrected chi connectivity index (χ1v) is 7.74. The van der Waals surface area contributed by atoms with Crippen LogP contribution in [0.15, 0.2) is 29.2 Å². The van der Waals surface area contributed by atoms with Crippen LogP contribution < -0.4 is 5.32 Å². The molecule has 0 heterocycles. The number of para-hydroxylation sites is 1. The zero-order valence-electron chi connectivity index (χ0n) is 12.2. The third kappa shape index (κ3) is 4.44. The predicted molar refractivity (Wildman–Crippen MR) is 82.8 cm³/mol. The van der Waals surface area contributed by atoms with E-state index in [-0.39, 0.29) is 5.69 Å². The Morgan fingerprint density at radius 2 is 2.14 bits per heavy atom. The Bertz CT molecular complexity index is 504. The number of hydrogen-bond acceptors (Lipinski definition) is 5. The van der Waals surface area contributed by atoms with Gasteiger partial charge in [0.05, 0.1) is 9.82 Å². The third-order valence-electron chi connectivity index (χ3n) is 3.56. The summed E-state index contributed by atoms with van der Waals surface area (Å²) >= 11 is 1.39. The van der Waals surface area contributed by atoms with Crippen LogP contribution in [0.5, 0.6) is 0 Å². The molecule has 0 spiro atoms. The summed E-state index contributed by atoms with van der Waals surface area (Å²) in [6, 6.07) is 6.58. The van der Waals surface area contributed by atoms with E-state index in [2.05, 4.69) is 5.32 Å². The largest absolute Gasteiger partial charge is 0.480 e. The first kappa shape index (κ1) is 17.5. The molecule has 0 saturated carbocycles. The van der Waals surface area contributed by atoms with Crippen molar-refractivity contribution in [3.63, 3.8) is 0 Å². The van der Waals surface area contributed by atoms with Crippen molar-refractivity contribution in [2.45, 2.75) is 36.6 Å². The number of carboxylic acids is 1. The lowest BCUT2D eigenvalue weighted by atomic mass is 9.91. The SMILES string of the molecule is CCC(CCCSc1ccccc1[N+](=O)[O-])(NC)C(=O)O. The highest BCUT2D eigenvalue weighted by Crippen LogP contribution is 2.30. The number of carboxylic acid groups (broad SMARTS) is 1. The van der Waals surface area contributed by atoms with Gasteiger partial charge in [0.15, 0.2) is 0 Å². The van der Waals surface area contributed by atoms with Gasteiger partial charge in [-0.15, -0.1) is 11.8 Å². The van der Waals surface area contributed by atoms with Crippen LogP contribution in [-0.2, 0) is 4.79 Å². The minimum Gasteiger partial charge on any atom is -0.480 e. The van der Waals surface area contributed by atoms with E-state index in [1.54, 1.807) is 25.2 Å². The average molecular weight is 312 g/mol. The fourth-order valence-electron chi connectivity index (χ4n) is 2.13. The summed E-state index contributed by atoms with van der Waals surface area (Å²) < 4.78 is 0. The second-order valence-electron chi connectivity index (χ2n) is 4.67. The number of carbonyl (C=O) groups is 1. The van der Waals surface area contributed by atoms with Gasteiger partial charge < -0.3 is 10.4 Å². The van der Waals surface area contributed by atoms with E-state index in [0.717, 1.165) is 0 Å². The fourth-order valence-corrected chi connectivity index (χ4v) is 3.10. The summed E-state index contributed by atoms with van der Waals surface area (Å²) in [5, 5.41) is 23.1. The van der Waals surface area contributed by atoms with Gasteiger partial charge in [-0.25, -0.2) is 0 Å². The van der Waals surface area contributed by atoms with Crippen LogP contribution in [0.4, 0.5) is 5.69 Å². The normalized spacial score (nSPS) is 13.6. The summed E-state index contributed by atoms with van der Waals surface area (Å²) in [4.78, 5) is 22.4. The van der Waals surface area contributed by atoms with E-state index in [1.807, 2.05) is 6.92 Å². The number of nitrogens with zero attached hydrogens (tertiary/aromatic N) is 1. The Morgan fingerprint density at radius 3 is 2.67 bits per heavy atom. The number of hydrogen-bond donors (Lipinski definition) is 2. The molecule has 21 heavy (non-hydrogen) atoms. The highest BCUT2D eigenvalue weighted by Gasteiger charge is 2.34. The quantitative estimate of drug-likeness (QED) is 0.315. The van der Waals surface area contributed by atoms with Gasteiger partial charge in [-0.05, 0) is 38.1 Å². The number of benzene rings is 1. The number of nitro groups is 1. The van der Waals surface area contributed by atoms with Gasteiger partial charge >= 0.3 is 5.97 Å². The number of nitrogens with one attached hydrogen (secondary N) is 1. The molecule has 0 aliphatic heterocycles. The van der Waals surface area contributed by atoms with Gasteiger partial charge in [-0.3, -0.25) is 14.9 Å². The summed E-state index contributed by atoms with van der Waals surface area (Å²) in [7, 11) is 1.65. The van der Waals surface area contributed by atoms with Gasteiger partial charge in [0.2, 0.25) is 0 Å². The fraction of sp³-hybridized carbons (Fsp3) is 0.500. The van der Waals surface area contributed by atoms with Gasteiger partial charge in [-0.2, -0.15) is 0 Å². The van der Waals surface area contributed by atoms with Crippen LogP contribution in [0.1, 0.15) is 26.2 Å². The van der Waals surface area contributed by atoms with Crippen molar-refractivity contribution in [1.82, 2.24) is 5.32 Å². The minimum absolute atomic E-state index is 0.0936. The number of nitro benzene ring substituents is 1. The van der Waals surface area contributed by atoms with Crippen LogP contribution in [0.25, 0.3) is 0 Å². The molecule has 2 N–H and O–H groups in total. The zero-order valence-corrected chi connectivity index (χ0v) is 13.0. The second kappa shape index (κ2) is 7.99. The average Bonchev–Trinajstić information content (AvgIpc) is 2.48.